The second-order valence-electron chi connectivity index (χ2n) is 13.1. The molecule has 1 spiro atoms. The van der Waals surface area contributed by atoms with Crippen molar-refractivity contribution in [2.75, 3.05) is 32.7 Å². The maximum Gasteiger partial charge on any atom is 0.416 e. The van der Waals surface area contributed by atoms with Gasteiger partial charge in [-0.2, -0.15) is 26.3 Å². The van der Waals surface area contributed by atoms with Gasteiger partial charge in [-0.3, -0.25) is 14.5 Å². The van der Waals surface area contributed by atoms with Crippen molar-refractivity contribution in [1.82, 2.24) is 14.7 Å². The lowest BCUT2D eigenvalue weighted by Gasteiger charge is -2.44. The molecule has 0 unspecified atom stereocenters. The standard InChI is InChI=1S/C33H37F6N3O2/c34-32(35,36)25-17-24(18-26(19-25)33(37,38)39)30(44)42-12-8-27(20-28(42)16-22-4-2-1-3-5-22)41-15-11-31(21-41)9-13-40(14-10-31)29(43)23-6-7-23/h1-5,17-19,23,27-28H,6-16,20-21H2/t27-,28-/m1/s1. The number of carbonyl (C=O) groups is 2. The van der Waals surface area contributed by atoms with Crippen LogP contribution in [0.3, 0.4) is 0 Å². The Bertz CT molecular complexity index is 1330. The van der Waals surface area contributed by atoms with Gasteiger partial charge in [0.15, 0.2) is 0 Å². The first-order valence-electron chi connectivity index (χ1n) is 15.5. The number of amides is 2. The summed E-state index contributed by atoms with van der Waals surface area (Å²) in [4.78, 5) is 32.2. The Hall–Kier alpha value is -3.08. The van der Waals surface area contributed by atoms with Crippen molar-refractivity contribution >= 4 is 11.8 Å². The molecule has 0 N–H and O–H groups in total. The summed E-state index contributed by atoms with van der Waals surface area (Å²) in [5, 5.41) is 0. The van der Waals surface area contributed by atoms with Crippen LogP contribution in [-0.2, 0) is 23.6 Å². The van der Waals surface area contributed by atoms with E-state index in [1.54, 1.807) is 0 Å². The first-order valence-corrected chi connectivity index (χ1v) is 15.5. The number of benzene rings is 2. The largest absolute Gasteiger partial charge is 0.416 e. The highest BCUT2D eigenvalue weighted by molar-refractivity contribution is 5.95. The molecule has 2 aromatic carbocycles. The van der Waals surface area contributed by atoms with Gasteiger partial charge in [0, 0.05) is 49.7 Å². The molecule has 6 rings (SSSR count). The number of carbonyl (C=O) groups excluding carboxylic acids is 2. The molecule has 4 aliphatic rings. The summed E-state index contributed by atoms with van der Waals surface area (Å²) in [5.74, 6) is -0.306. The average molecular weight is 622 g/mol. The Morgan fingerprint density at radius 1 is 0.795 bits per heavy atom. The minimum absolute atomic E-state index is 0.0556. The van der Waals surface area contributed by atoms with Gasteiger partial charge in [0.05, 0.1) is 11.1 Å². The van der Waals surface area contributed by atoms with Crippen LogP contribution < -0.4 is 0 Å². The first kappa shape index (κ1) is 30.9. The van der Waals surface area contributed by atoms with E-state index in [1.807, 2.05) is 35.2 Å². The molecule has 3 aliphatic heterocycles. The van der Waals surface area contributed by atoms with Crippen molar-refractivity contribution in [3.8, 4) is 0 Å². The SMILES string of the molecule is O=C(C1CC1)N1CCC2(CC1)CCN([C@@H]1CCN(C(=O)c3cc(C(F)(F)F)cc(C(F)(F)F)c3)[C@H](Cc3ccccc3)C1)C2. The van der Waals surface area contributed by atoms with Crippen LogP contribution in [0.2, 0.25) is 0 Å². The maximum absolute atomic E-state index is 13.7. The van der Waals surface area contributed by atoms with Crippen LogP contribution in [0, 0.1) is 11.3 Å². The third-order valence-corrected chi connectivity index (χ3v) is 10.1. The molecule has 3 saturated heterocycles. The summed E-state index contributed by atoms with van der Waals surface area (Å²) < 4.78 is 81.4. The van der Waals surface area contributed by atoms with Crippen LogP contribution in [0.4, 0.5) is 26.3 Å². The van der Waals surface area contributed by atoms with Gasteiger partial charge in [-0.25, -0.2) is 0 Å². The number of alkyl halides is 6. The second kappa shape index (κ2) is 11.7. The molecule has 2 amide bonds. The van der Waals surface area contributed by atoms with Gasteiger partial charge in [0.1, 0.15) is 0 Å². The van der Waals surface area contributed by atoms with E-state index in [-0.39, 0.29) is 36.0 Å². The summed E-state index contributed by atoms with van der Waals surface area (Å²) >= 11 is 0. The fourth-order valence-electron chi connectivity index (χ4n) is 7.43. The summed E-state index contributed by atoms with van der Waals surface area (Å²) in [6, 6.07) is 10.3. The van der Waals surface area contributed by atoms with E-state index in [0.717, 1.165) is 63.8 Å². The summed E-state index contributed by atoms with van der Waals surface area (Å²) in [6.45, 7) is 3.60. The number of hydrogen-bond donors (Lipinski definition) is 0. The Morgan fingerprint density at radius 3 is 2.00 bits per heavy atom. The number of piperidine rings is 2. The molecule has 0 radical (unpaired) electrons. The molecule has 3 heterocycles. The summed E-state index contributed by atoms with van der Waals surface area (Å²) in [6.07, 6.45) is -3.49. The molecular formula is C33H37F6N3O2. The number of halogens is 6. The molecule has 4 fully saturated rings. The van der Waals surface area contributed by atoms with Crippen LogP contribution in [-0.4, -0.2) is 71.3 Å². The molecule has 2 aromatic rings. The fraction of sp³-hybridized carbons (Fsp3) is 0.576. The third kappa shape index (κ3) is 6.62. The predicted molar refractivity (Wildman–Crippen MR) is 152 cm³/mol. The van der Waals surface area contributed by atoms with Gasteiger partial charge in [0.2, 0.25) is 5.91 Å². The summed E-state index contributed by atoms with van der Waals surface area (Å²) in [7, 11) is 0. The highest BCUT2D eigenvalue weighted by Crippen LogP contribution is 2.44. The number of rotatable bonds is 5. The lowest BCUT2D eigenvalue weighted by Crippen LogP contribution is -2.53. The number of nitrogens with zero attached hydrogens (tertiary/aromatic N) is 3. The van der Waals surface area contributed by atoms with Gasteiger partial charge in [-0.1, -0.05) is 30.3 Å². The zero-order valence-corrected chi connectivity index (χ0v) is 24.5. The van der Waals surface area contributed by atoms with Crippen molar-refractivity contribution in [2.45, 2.75) is 75.8 Å². The Balaban J connectivity index is 1.19. The molecule has 5 nitrogen and oxygen atoms in total. The van der Waals surface area contributed by atoms with Crippen molar-refractivity contribution in [3.63, 3.8) is 0 Å². The smallest absolute Gasteiger partial charge is 0.342 e. The highest BCUT2D eigenvalue weighted by Gasteiger charge is 2.46. The van der Waals surface area contributed by atoms with Crippen LogP contribution in [0.5, 0.6) is 0 Å². The number of likely N-dealkylation sites (tertiary alicyclic amines) is 3. The summed E-state index contributed by atoms with van der Waals surface area (Å²) in [5.41, 5.74) is -2.48. The Labute approximate surface area is 253 Å². The van der Waals surface area contributed by atoms with Crippen LogP contribution in [0.1, 0.15) is 72.0 Å². The quantitative estimate of drug-likeness (QED) is 0.351. The zero-order chi connectivity index (χ0) is 31.3. The molecule has 2 atom stereocenters. The monoisotopic (exact) mass is 621 g/mol. The van der Waals surface area contributed by atoms with Gasteiger partial charge >= 0.3 is 12.4 Å². The van der Waals surface area contributed by atoms with Crippen LogP contribution in [0.15, 0.2) is 48.5 Å². The molecule has 0 aromatic heterocycles. The van der Waals surface area contributed by atoms with E-state index < -0.39 is 35.0 Å². The van der Waals surface area contributed by atoms with Crippen molar-refractivity contribution in [2.24, 2.45) is 11.3 Å². The first-order chi connectivity index (χ1) is 20.8. The predicted octanol–water partition coefficient (Wildman–Crippen LogP) is 6.66. The van der Waals surface area contributed by atoms with Gasteiger partial charge in [-0.05, 0) is 87.1 Å². The van der Waals surface area contributed by atoms with E-state index in [4.69, 9.17) is 0 Å². The average Bonchev–Trinajstić information content (AvgIpc) is 3.77. The van der Waals surface area contributed by atoms with Crippen molar-refractivity contribution < 1.29 is 35.9 Å². The molecule has 1 aliphatic carbocycles. The highest BCUT2D eigenvalue weighted by atomic mass is 19.4. The van der Waals surface area contributed by atoms with Crippen molar-refractivity contribution in [3.05, 3.63) is 70.8 Å². The van der Waals surface area contributed by atoms with E-state index >= 15 is 0 Å². The van der Waals surface area contributed by atoms with Crippen LogP contribution >= 0.6 is 0 Å². The van der Waals surface area contributed by atoms with E-state index in [2.05, 4.69) is 4.90 Å². The van der Waals surface area contributed by atoms with E-state index in [0.29, 0.717) is 37.3 Å². The van der Waals surface area contributed by atoms with Gasteiger partial charge in [0.25, 0.3) is 5.91 Å². The molecule has 44 heavy (non-hydrogen) atoms. The van der Waals surface area contributed by atoms with Gasteiger partial charge in [-0.15, -0.1) is 0 Å². The lowest BCUT2D eigenvalue weighted by atomic mass is 9.77. The minimum atomic E-state index is -5.03. The lowest BCUT2D eigenvalue weighted by molar-refractivity contribution is -0.143. The molecule has 0 bridgehead atoms. The molecule has 11 heteroatoms. The van der Waals surface area contributed by atoms with E-state index in [1.165, 1.54) is 4.90 Å². The van der Waals surface area contributed by atoms with Crippen LogP contribution in [0.25, 0.3) is 0 Å². The number of hydrogen-bond acceptors (Lipinski definition) is 3. The minimum Gasteiger partial charge on any atom is -0.342 e. The normalized spacial score (nSPS) is 24.6. The van der Waals surface area contributed by atoms with Crippen molar-refractivity contribution in [1.29, 1.82) is 0 Å². The fourth-order valence-corrected chi connectivity index (χ4v) is 7.43. The van der Waals surface area contributed by atoms with E-state index in [9.17, 15) is 35.9 Å². The topological polar surface area (TPSA) is 43.9 Å². The molecule has 238 valence electrons. The molecular weight excluding hydrogens is 584 g/mol. The third-order valence-electron chi connectivity index (χ3n) is 10.1. The Kier molecular flexibility index (Phi) is 8.22. The molecule has 1 saturated carbocycles. The second-order valence-corrected chi connectivity index (χ2v) is 13.1. The maximum atomic E-state index is 13.7. The Morgan fingerprint density at radius 2 is 1.41 bits per heavy atom. The zero-order valence-electron chi connectivity index (χ0n) is 24.5. The van der Waals surface area contributed by atoms with Gasteiger partial charge < -0.3 is 9.80 Å².